The second-order valence-electron chi connectivity index (χ2n) is 11.6. The van der Waals surface area contributed by atoms with Crippen LogP contribution in [0.1, 0.15) is 71.6 Å². The van der Waals surface area contributed by atoms with Crippen LogP contribution < -0.4 is 5.32 Å². The number of carbonyl (C=O) groups excluding carboxylic acids is 1. The number of sulfone groups is 1. The zero-order valence-corrected chi connectivity index (χ0v) is 19.3. The van der Waals surface area contributed by atoms with Crippen LogP contribution in [0.4, 0.5) is 0 Å². The van der Waals surface area contributed by atoms with Crippen molar-refractivity contribution in [2.45, 2.75) is 95.0 Å². The lowest BCUT2D eigenvalue weighted by atomic mass is 9.47. The molecule has 1 aliphatic heterocycles. The van der Waals surface area contributed by atoms with Crippen molar-refractivity contribution in [3.8, 4) is 0 Å². The number of hydrogen-bond acceptors (Lipinski definition) is 4. The molecule has 1 N–H and O–H groups in total. The van der Waals surface area contributed by atoms with Gasteiger partial charge in [-0.05, 0) is 86.4 Å². The first-order valence-electron chi connectivity index (χ1n) is 11.8. The van der Waals surface area contributed by atoms with E-state index in [0.29, 0.717) is 29.7 Å². The van der Waals surface area contributed by atoms with Gasteiger partial charge in [0.2, 0.25) is 5.91 Å². The average molecular weight is 423 g/mol. The first kappa shape index (κ1) is 20.3. The number of piperidine rings is 1. The van der Waals surface area contributed by atoms with Crippen LogP contribution in [0.5, 0.6) is 0 Å². The van der Waals surface area contributed by atoms with Gasteiger partial charge in [-0.2, -0.15) is 0 Å². The van der Waals surface area contributed by atoms with Crippen molar-refractivity contribution >= 4 is 15.7 Å². The van der Waals surface area contributed by atoms with Gasteiger partial charge in [0.25, 0.3) is 0 Å². The molecule has 0 spiro atoms. The minimum absolute atomic E-state index is 0.0807. The van der Waals surface area contributed by atoms with Gasteiger partial charge in [-0.1, -0.05) is 13.8 Å². The molecule has 5 aliphatic rings. The fourth-order valence-electron chi connectivity index (χ4n) is 8.37. The molecule has 0 bridgehead atoms. The predicted octanol–water partition coefficient (Wildman–Crippen LogP) is 2.99. The third kappa shape index (κ3) is 2.95. The van der Waals surface area contributed by atoms with Crippen molar-refractivity contribution in [2.75, 3.05) is 13.3 Å². The van der Waals surface area contributed by atoms with Gasteiger partial charge in [-0.25, -0.2) is 8.42 Å². The topological polar surface area (TPSA) is 66.5 Å². The maximum Gasteiger partial charge on any atom is 0.240 e. The second-order valence-corrected chi connectivity index (χ2v) is 13.8. The SMILES string of the molecule is CN1C(=O)C(S(C)(=O)=O)C[C@@]2(C)C1CC[C@@H]1[C@H]2CC[C@]2(C)C(NC3CC3)CC[C@@H]12. The molecular weight excluding hydrogens is 384 g/mol. The maximum atomic E-state index is 12.9. The van der Waals surface area contributed by atoms with Crippen LogP contribution in [0.2, 0.25) is 0 Å². The molecule has 1 heterocycles. The van der Waals surface area contributed by atoms with E-state index < -0.39 is 15.1 Å². The highest BCUT2D eigenvalue weighted by Gasteiger charge is 2.63. The number of nitrogens with one attached hydrogen (secondary N) is 1. The molecular formula is C23H38N2O3S. The van der Waals surface area contributed by atoms with E-state index in [1.807, 2.05) is 11.9 Å². The lowest BCUT2D eigenvalue weighted by Crippen LogP contribution is -2.65. The quantitative estimate of drug-likeness (QED) is 0.759. The Balaban J connectivity index is 1.44. The van der Waals surface area contributed by atoms with Crippen LogP contribution in [-0.4, -0.2) is 55.9 Å². The van der Waals surface area contributed by atoms with Crippen molar-refractivity contribution < 1.29 is 13.2 Å². The Morgan fingerprint density at radius 1 is 0.966 bits per heavy atom. The molecule has 5 rings (SSSR count). The van der Waals surface area contributed by atoms with Crippen LogP contribution in [0.15, 0.2) is 0 Å². The third-order valence-electron chi connectivity index (χ3n) is 10.1. The summed E-state index contributed by atoms with van der Waals surface area (Å²) in [6, 6.07) is 1.61. The van der Waals surface area contributed by atoms with E-state index >= 15 is 0 Å². The molecule has 0 radical (unpaired) electrons. The van der Waals surface area contributed by atoms with Gasteiger partial charge in [0.05, 0.1) is 0 Å². The van der Waals surface area contributed by atoms with Crippen LogP contribution in [-0.2, 0) is 14.6 Å². The van der Waals surface area contributed by atoms with E-state index in [1.165, 1.54) is 51.2 Å². The Bertz CT molecular complexity index is 809. The second kappa shape index (κ2) is 6.44. The minimum atomic E-state index is -3.38. The monoisotopic (exact) mass is 422 g/mol. The number of fused-ring (bicyclic) bond motifs is 5. The van der Waals surface area contributed by atoms with Gasteiger partial charge in [-0.15, -0.1) is 0 Å². The van der Waals surface area contributed by atoms with Gasteiger partial charge in [0, 0.05) is 31.4 Å². The highest BCUT2D eigenvalue weighted by molar-refractivity contribution is 7.92. The van der Waals surface area contributed by atoms with Crippen molar-refractivity contribution in [3.05, 3.63) is 0 Å². The predicted molar refractivity (Wildman–Crippen MR) is 114 cm³/mol. The van der Waals surface area contributed by atoms with Crippen molar-refractivity contribution in [1.29, 1.82) is 0 Å². The molecule has 4 saturated carbocycles. The molecule has 29 heavy (non-hydrogen) atoms. The Morgan fingerprint density at radius 3 is 2.31 bits per heavy atom. The minimum Gasteiger partial charge on any atom is -0.341 e. The lowest BCUT2D eigenvalue weighted by molar-refractivity contribution is -0.156. The molecule has 0 aromatic rings. The van der Waals surface area contributed by atoms with E-state index in [4.69, 9.17) is 0 Å². The summed E-state index contributed by atoms with van der Waals surface area (Å²) in [6.07, 6.45) is 11.7. The molecule has 5 fully saturated rings. The third-order valence-corrected chi connectivity index (χ3v) is 11.5. The molecule has 8 atom stereocenters. The van der Waals surface area contributed by atoms with E-state index in [0.717, 1.165) is 18.4 Å². The molecule has 164 valence electrons. The highest BCUT2D eigenvalue weighted by atomic mass is 32.2. The molecule has 4 aliphatic carbocycles. The summed E-state index contributed by atoms with van der Waals surface area (Å²) in [5, 5.41) is 3.11. The summed E-state index contributed by atoms with van der Waals surface area (Å²) >= 11 is 0. The summed E-state index contributed by atoms with van der Waals surface area (Å²) in [4.78, 5) is 14.7. The smallest absolute Gasteiger partial charge is 0.240 e. The Kier molecular flexibility index (Phi) is 4.51. The van der Waals surface area contributed by atoms with Crippen LogP contribution in [0, 0.1) is 28.6 Å². The molecule has 5 nitrogen and oxygen atoms in total. The number of hydrogen-bond donors (Lipinski definition) is 1. The van der Waals surface area contributed by atoms with Gasteiger partial charge in [0.1, 0.15) is 5.25 Å². The fourth-order valence-corrected chi connectivity index (χ4v) is 9.56. The summed E-state index contributed by atoms with van der Waals surface area (Å²) in [5.74, 6) is 1.79. The number of nitrogens with zero attached hydrogens (tertiary/aromatic N) is 1. The number of amides is 1. The van der Waals surface area contributed by atoms with Crippen LogP contribution in [0.3, 0.4) is 0 Å². The fraction of sp³-hybridized carbons (Fsp3) is 0.957. The Morgan fingerprint density at radius 2 is 1.66 bits per heavy atom. The molecule has 0 aromatic heterocycles. The van der Waals surface area contributed by atoms with E-state index in [9.17, 15) is 13.2 Å². The molecule has 3 unspecified atom stereocenters. The van der Waals surface area contributed by atoms with E-state index in [1.54, 1.807) is 0 Å². The Labute approximate surface area is 176 Å². The van der Waals surface area contributed by atoms with Gasteiger partial charge < -0.3 is 10.2 Å². The highest BCUT2D eigenvalue weighted by Crippen LogP contribution is 2.65. The molecule has 6 heteroatoms. The van der Waals surface area contributed by atoms with Crippen molar-refractivity contribution in [2.24, 2.45) is 28.6 Å². The number of rotatable bonds is 3. The average Bonchev–Trinajstić information content (AvgIpc) is 3.39. The maximum absolute atomic E-state index is 12.9. The molecule has 1 amide bonds. The van der Waals surface area contributed by atoms with Crippen LogP contribution >= 0.6 is 0 Å². The van der Waals surface area contributed by atoms with Crippen molar-refractivity contribution in [3.63, 3.8) is 0 Å². The standard InChI is InChI=1S/C23H38N2O3S/c1-22-12-11-17-15(16(22)8-9-19(22)24-14-5-6-14)7-10-20-23(17,2)13-18(29(4,27)28)21(26)25(20)3/h14-20,24H,5-13H2,1-4H3/t15-,16-,17+,18?,19?,20?,22-,23+/m0/s1. The van der Waals surface area contributed by atoms with Gasteiger partial charge in [-0.3, -0.25) is 4.79 Å². The van der Waals surface area contributed by atoms with Crippen molar-refractivity contribution in [1.82, 2.24) is 10.2 Å². The number of carbonyl (C=O) groups is 1. The van der Waals surface area contributed by atoms with Gasteiger partial charge in [0.15, 0.2) is 9.84 Å². The normalized spacial score (nSPS) is 50.1. The first-order valence-corrected chi connectivity index (χ1v) is 13.7. The molecule has 1 saturated heterocycles. The number of likely N-dealkylation sites (tertiary alicyclic amines) is 1. The zero-order valence-electron chi connectivity index (χ0n) is 18.5. The lowest BCUT2D eigenvalue weighted by Gasteiger charge is -2.62. The van der Waals surface area contributed by atoms with Gasteiger partial charge >= 0.3 is 0 Å². The molecule has 0 aromatic carbocycles. The largest absolute Gasteiger partial charge is 0.341 e. The van der Waals surface area contributed by atoms with E-state index in [-0.39, 0.29) is 17.4 Å². The summed E-state index contributed by atoms with van der Waals surface area (Å²) in [5.41, 5.74) is 0.308. The van der Waals surface area contributed by atoms with E-state index in [2.05, 4.69) is 19.2 Å². The zero-order chi connectivity index (χ0) is 20.8. The summed E-state index contributed by atoms with van der Waals surface area (Å²) in [6.45, 7) is 4.85. The summed E-state index contributed by atoms with van der Waals surface area (Å²) < 4.78 is 24.9. The summed E-state index contributed by atoms with van der Waals surface area (Å²) in [7, 11) is -1.53. The Hall–Kier alpha value is -0.620. The first-order chi connectivity index (χ1) is 13.6. The van der Waals surface area contributed by atoms with Crippen LogP contribution in [0.25, 0.3) is 0 Å².